The average molecular weight is 432 g/mol. The summed E-state index contributed by atoms with van der Waals surface area (Å²) in [5.74, 6) is 0.972. The Labute approximate surface area is 188 Å². The number of amides is 1. The van der Waals surface area contributed by atoms with Crippen LogP contribution in [0, 0.1) is 19.8 Å². The number of rotatable bonds is 5. The van der Waals surface area contributed by atoms with Crippen molar-refractivity contribution in [1.82, 2.24) is 15.8 Å². The van der Waals surface area contributed by atoms with Crippen LogP contribution in [0.1, 0.15) is 52.6 Å². The number of aromatic hydroxyl groups is 1. The highest BCUT2D eigenvalue weighted by Gasteiger charge is 2.56. The summed E-state index contributed by atoms with van der Waals surface area (Å²) in [4.78, 5) is 15.5. The van der Waals surface area contributed by atoms with Crippen LogP contribution in [0.5, 0.6) is 5.75 Å². The molecule has 0 spiro atoms. The van der Waals surface area contributed by atoms with Gasteiger partial charge in [0.25, 0.3) is 0 Å². The highest BCUT2D eigenvalue weighted by atomic mass is 16.3. The Hall–Kier alpha value is -3.09. The minimum Gasteiger partial charge on any atom is -0.508 e. The molecule has 6 nitrogen and oxygen atoms in total. The van der Waals surface area contributed by atoms with Crippen molar-refractivity contribution in [2.24, 2.45) is 5.92 Å². The third kappa shape index (κ3) is 3.40. The van der Waals surface area contributed by atoms with Gasteiger partial charge in [0, 0.05) is 11.5 Å². The third-order valence-corrected chi connectivity index (χ3v) is 6.87. The largest absolute Gasteiger partial charge is 0.508 e. The topological polar surface area (TPSA) is 77.7 Å². The molecule has 0 bridgehead atoms. The van der Waals surface area contributed by atoms with Crippen molar-refractivity contribution in [3.8, 4) is 5.75 Å². The van der Waals surface area contributed by atoms with Gasteiger partial charge in [0.05, 0.1) is 24.9 Å². The number of hydrogen-bond acceptors (Lipinski definition) is 5. The predicted molar refractivity (Wildman–Crippen MR) is 122 cm³/mol. The first-order valence-corrected chi connectivity index (χ1v) is 11.2. The number of benzene rings is 2. The quantitative estimate of drug-likeness (QED) is 0.567. The van der Waals surface area contributed by atoms with Gasteiger partial charge < -0.3 is 14.4 Å². The standard InChI is InChI=1S/C26H29N3O3/c1-4-17-7-9-18(10-8-17)25-22-23(21-16(3)12-15(2)13-20(21)30)27-28-24(22)26(31)29(25)14-19-6-5-11-32-19/h5-13,22-25,27-28,30H,4,14H2,1-3H3. The Morgan fingerprint density at radius 3 is 2.47 bits per heavy atom. The fourth-order valence-corrected chi connectivity index (χ4v) is 5.40. The Bertz CT molecular complexity index is 1100. The maximum Gasteiger partial charge on any atom is 0.242 e. The minimum absolute atomic E-state index is 0.0372. The number of nitrogens with zero attached hydrogens (tertiary/aromatic N) is 1. The first-order chi connectivity index (χ1) is 15.5. The lowest BCUT2D eigenvalue weighted by Crippen LogP contribution is -2.41. The van der Waals surface area contributed by atoms with Gasteiger partial charge in [0.1, 0.15) is 17.6 Å². The molecule has 32 heavy (non-hydrogen) atoms. The maximum absolute atomic E-state index is 13.5. The van der Waals surface area contributed by atoms with Crippen molar-refractivity contribution in [3.05, 3.63) is 88.4 Å². The average Bonchev–Trinajstić information content (AvgIpc) is 3.48. The SMILES string of the molecule is CCc1ccc(C2C3C(NNC3c3c(C)cc(C)cc3O)C(=O)N2Cc2ccco2)cc1. The Kier molecular flexibility index (Phi) is 5.27. The number of carbonyl (C=O) groups excluding carboxylic acids is 1. The van der Waals surface area contributed by atoms with Gasteiger partial charge in [-0.15, -0.1) is 0 Å². The van der Waals surface area contributed by atoms with E-state index in [-0.39, 0.29) is 35.7 Å². The van der Waals surface area contributed by atoms with Gasteiger partial charge in [0.2, 0.25) is 5.91 Å². The number of fused-ring (bicyclic) bond motifs is 1. The molecule has 0 saturated carbocycles. The Morgan fingerprint density at radius 2 is 1.81 bits per heavy atom. The second kappa shape index (κ2) is 8.11. The zero-order valence-electron chi connectivity index (χ0n) is 18.6. The third-order valence-electron chi connectivity index (χ3n) is 6.87. The fraction of sp³-hybridized carbons (Fsp3) is 0.346. The van der Waals surface area contributed by atoms with Gasteiger partial charge >= 0.3 is 0 Å². The molecule has 0 radical (unpaired) electrons. The first-order valence-electron chi connectivity index (χ1n) is 11.2. The van der Waals surface area contributed by atoms with Gasteiger partial charge in [-0.1, -0.05) is 37.3 Å². The van der Waals surface area contributed by atoms with E-state index in [4.69, 9.17) is 4.42 Å². The van der Waals surface area contributed by atoms with Gasteiger partial charge in [-0.3, -0.25) is 4.79 Å². The van der Waals surface area contributed by atoms with E-state index in [1.165, 1.54) is 5.56 Å². The van der Waals surface area contributed by atoms with E-state index < -0.39 is 0 Å². The van der Waals surface area contributed by atoms with E-state index in [2.05, 4.69) is 48.1 Å². The monoisotopic (exact) mass is 431 g/mol. The van der Waals surface area contributed by atoms with E-state index in [0.29, 0.717) is 6.54 Å². The summed E-state index contributed by atoms with van der Waals surface area (Å²) >= 11 is 0. The molecular weight excluding hydrogens is 402 g/mol. The summed E-state index contributed by atoms with van der Waals surface area (Å²) in [6, 6.07) is 15.4. The second-order valence-corrected chi connectivity index (χ2v) is 8.92. The summed E-state index contributed by atoms with van der Waals surface area (Å²) in [6.45, 7) is 6.53. The molecule has 166 valence electrons. The summed E-state index contributed by atoms with van der Waals surface area (Å²) in [5, 5.41) is 10.8. The molecule has 5 rings (SSSR count). The van der Waals surface area contributed by atoms with Crippen molar-refractivity contribution in [2.45, 2.75) is 51.9 Å². The maximum atomic E-state index is 13.5. The zero-order chi connectivity index (χ0) is 22.4. The number of phenols is 1. The molecular formula is C26H29N3O3. The van der Waals surface area contributed by atoms with Crippen LogP contribution >= 0.6 is 0 Å². The summed E-state index contributed by atoms with van der Waals surface area (Å²) in [5.41, 5.74) is 11.8. The van der Waals surface area contributed by atoms with Gasteiger partial charge in [-0.25, -0.2) is 10.9 Å². The lowest BCUT2D eigenvalue weighted by molar-refractivity contribution is -0.131. The number of likely N-dealkylation sites (tertiary alicyclic amines) is 1. The first kappa shape index (κ1) is 20.8. The van der Waals surface area contributed by atoms with Crippen LogP contribution in [-0.4, -0.2) is 22.0 Å². The molecule has 1 aromatic heterocycles. The Morgan fingerprint density at radius 1 is 1.06 bits per heavy atom. The number of furan rings is 1. The van der Waals surface area contributed by atoms with E-state index in [1.54, 1.807) is 12.3 Å². The van der Waals surface area contributed by atoms with Gasteiger partial charge in [-0.05, 0) is 60.7 Å². The number of carbonyl (C=O) groups is 1. The molecule has 0 aliphatic carbocycles. The molecule has 4 unspecified atom stereocenters. The van der Waals surface area contributed by atoms with Crippen molar-refractivity contribution >= 4 is 5.91 Å². The summed E-state index contributed by atoms with van der Waals surface area (Å²) in [6.07, 6.45) is 2.60. The van der Waals surface area contributed by atoms with Gasteiger partial charge in [-0.2, -0.15) is 0 Å². The molecule has 3 aromatic rings. The molecule has 6 heteroatoms. The summed E-state index contributed by atoms with van der Waals surface area (Å²) in [7, 11) is 0. The van der Waals surface area contributed by atoms with Crippen LogP contribution in [0.2, 0.25) is 0 Å². The normalized spacial score (nSPS) is 24.8. The van der Waals surface area contributed by atoms with Crippen molar-refractivity contribution in [3.63, 3.8) is 0 Å². The molecule has 3 N–H and O–H groups in total. The number of phenolic OH excluding ortho intramolecular Hbond substituents is 1. The molecule has 2 aliphatic rings. The lowest BCUT2D eigenvalue weighted by Gasteiger charge is -2.31. The van der Waals surface area contributed by atoms with Crippen molar-refractivity contribution in [1.29, 1.82) is 0 Å². The van der Waals surface area contributed by atoms with Crippen molar-refractivity contribution in [2.75, 3.05) is 0 Å². The zero-order valence-corrected chi connectivity index (χ0v) is 18.6. The molecule has 2 aliphatic heterocycles. The minimum atomic E-state index is -0.383. The molecule has 1 amide bonds. The smallest absolute Gasteiger partial charge is 0.242 e. The van der Waals surface area contributed by atoms with E-state index in [0.717, 1.165) is 34.4 Å². The van der Waals surface area contributed by atoms with E-state index >= 15 is 0 Å². The Balaban J connectivity index is 1.59. The van der Waals surface area contributed by atoms with Crippen LogP contribution in [0.15, 0.2) is 59.2 Å². The lowest BCUT2D eigenvalue weighted by atomic mass is 9.81. The second-order valence-electron chi connectivity index (χ2n) is 8.92. The van der Waals surface area contributed by atoms with Crippen LogP contribution in [0.3, 0.4) is 0 Å². The van der Waals surface area contributed by atoms with Crippen LogP contribution in [0.4, 0.5) is 0 Å². The van der Waals surface area contributed by atoms with Crippen molar-refractivity contribution < 1.29 is 14.3 Å². The highest BCUT2D eigenvalue weighted by Crippen LogP contribution is 2.49. The van der Waals surface area contributed by atoms with Gasteiger partial charge in [0.15, 0.2) is 0 Å². The molecule has 2 fully saturated rings. The van der Waals surface area contributed by atoms with Crippen LogP contribution in [0.25, 0.3) is 0 Å². The van der Waals surface area contributed by atoms with Crippen LogP contribution < -0.4 is 10.9 Å². The number of nitrogens with one attached hydrogen (secondary N) is 2. The van der Waals surface area contributed by atoms with Crippen LogP contribution in [-0.2, 0) is 17.8 Å². The fourth-order valence-electron chi connectivity index (χ4n) is 5.40. The number of aryl methyl sites for hydroxylation is 3. The molecule has 2 saturated heterocycles. The number of hydrazine groups is 1. The van der Waals surface area contributed by atoms with E-state index in [9.17, 15) is 9.90 Å². The highest BCUT2D eigenvalue weighted by molar-refractivity contribution is 5.86. The number of hydrogen-bond donors (Lipinski definition) is 3. The predicted octanol–water partition coefficient (Wildman–Crippen LogP) is 4.08. The van der Waals surface area contributed by atoms with E-state index in [1.807, 2.05) is 30.9 Å². The molecule has 4 atom stereocenters. The molecule has 3 heterocycles. The molecule has 2 aromatic carbocycles. The summed E-state index contributed by atoms with van der Waals surface area (Å²) < 4.78 is 5.58.